The molecule has 158 valence electrons. The van der Waals surface area contributed by atoms with Crippen molar-refractivity contribution in [1.29, 1.82) is 0 Å². The van der Waals surface area contributed by atoms with Gasteiger partial charge in [0.15, 0.2) is 5.11 Å². The number of halogens is 3. The number of benzene rings is 2. The van der Waals surface area contributed by atoms with Gasteiger partial charge in [-0.15, -0.1) is 5.10 Å². The highest BCUT2D eigenvalue weighted by Gasteiger charge is 2.30. The number of hydrogen-bond donors (Lipinski definition) is 2. The molecule has 2 aromatic carbocycles. The number of rotatable bonds is 7. The van der Waals surface area contributed by atoms with Gasteiger partial charge in [0.1, 0.15) is 6.33 Å². The molecule has 0 atom stereocenters. The van der Waals surface area contributed by atoms with Crippen LogP contribution in [-0.2, 0) is 19.1 Å². The van der Waals surface area contributed by atoms with Crippen molar-refractivity contribution >= 4 is 29.0 Å². The van der Waals surface area contributed by atoms with Gasteiger partial charge in [-0.2, -0.15) is 13.2 Å². The van der Waals surface area contributed by atoms with E-state index >= 15 is 0 Å². The minimum Gasteiger partial charge on any atom is -0.332 e. The highest BCUT2D eigenvalue weighted by molar-refractivity contribution is 7.80. The third kappa shape index (κ3) is 6.28. The Kier molecular flexibility index (Phi) is 7.04. The molecular formula is C21H22F3N5S. The molecule has 1 aromatic heterocycles. The summed E-state index contributed by atoms with van der Waals surface area (Å²) in [7, 11) is 0. The summed E-state index contributed by atoms with van der Waals surface area (Å²) in [6.45, 7) is 2.33. The van der Waals surface area contributed by atoms with Crippen molar-refractivity contribution in [2.24, 2.45) is 0 Å². The Balaban J connectivity index is 1.55. The van der Waals surface area contributed by atoms with Crippen LogP contribution in [0.2, 0.25) is 0 Å². The first-order chi connectivity index (χ1) is 14.3. The first-order valence-electron chi connectivity index (χ1n) is 9.56. The molecule has 3 rings (SSSR count). The van der Waals surface area contributed by atoms with Crippen molar-refractivity contribution in [1.82, 2.24) is 14.8 Å². The molecule has 2 N–H and O–H groups in total. The van der Waals surface area contributed by atoms with Gasteiger partial charge in [-0.3, -0.25) is 5.32 Å². The van der Waals surface area contributed by atoms with Crippen LogP contribution in [0.5, 0.6) is 0 Å². The summed E-state index contributed by atoms with van der Waals surface area (Å²) in [4.78, 5) is 4.10. The average molecular weight is 434 g/mol. The molecule has 0 fully saturated rings. The molecule has 3 aromatic rings. The van der Waals surface area contributed by atoms with E-state index in [-0.39, 0.29) is 12.5 Å². The fourth-order valence-corrected chi connectivity index (χ4v) is 3.07. The Morgan fingerprint density at radius 1 is 1.07 bits per heavy atom. The van der Waals surface area contributed by atoms with Crippen LogP contribution in [0.4, 0.5) is 24.8 Å². The van der Waals surface area contributed by atoms with Gasteiger partial charge in [0, 0.05) is 5.69 Å². The SMILES string of the molecule is CCCCc1ccc(NC(=S)Nc2ncn(Cc3cccc(C(F)(F)F)c3)n2)cc1. The molecule has 0 saturated heterocycles. The quantitative estimate of drug-likeness (QED) is 0.482. The van der Waals surface area contributed by atoms with Gasteiger partial charge in [-0.25, -0.2) is 9.67 Å². The van der Waals surface area contributed by atoms with Gasteiger partial charge in [0.25, 0.3) is 0 Å². The summed E-state index contributed by atoms with van der Waals surface area (Å²) in [6, 6.07) is 13.2. The monoisotopic (exact) mass is 433 g/mol. The number of nitrogens with zero attached hydrogens (tertiary/aromatic N) is 3. The molecule has 0 amide bonds. The molecule has 0 radical (unpaired) electrons. The summed E-state index contributed by atoms with van der Waals surface area (Å²) in [5.41, 5.74) is 1.90. The minimum atomic E-state index is -4.38. The van der Waals surface area contributed by atoms with E-state index in [0.29, 0.717) is 10.7 Å². The van der Waals surface area contributed by atoms with Gasteiger partial charge >= 0.3 is 6.18 Å². The minimum absolute atomic E-state index is 0.165. The van der Waals surface area contributed by atoms with Crippen molar-refractivity contribution in [3.05, 3.63) is 71.5 Å². The van der Waals surface area contributed by atoms with Crippen LogP contribution < -0.4 is 10.6 Å². The van der Waals surface area contributed by atoms with Crippen LogP contribution in [0.3, 0.4) is 0 Å². The molecule has 0 unspecified atom stereocenters. The van der Waals surface area contributed by atoms with E-state index in [1.165, 1.54) is 22.6 Å². The molecule has 0 aliphatic rings. The van der Waals surface area contributed by atoms with Crippen LogP contribution in [0.15, 0.2) is 54.9 Å². The lowest BCUT2D eigenvalue weighted by Gasteiger charge is -2.09. The predicted molar refractivity (Wildman–Crippen MR) is 115 cm³/mol. The predicted octanol–water partition coefficient (Wildman–Crippen LogP) is 5.50. The fourth-order valence-electron chi connectivity index (χ4n) is 2.86. The maximum atomic E-state index is 12.8. The second kappa shape index (κ2) is 9.71. The lowest BCUT2D eigenvalue weighted by atomic mass is 10.1. The normalized spacial score (nSPS) is 11.3. The summed E-state index contributed by atoms with van der Waals surface area (Å²) in [6.07, 6.45) is 0.417. The number of aromatic nitrogens is 3. The highest BCUT2D eigenvalue weighted by atomic mass is 32.1. The molecule has 1 heterocycles. The summed E-state index contributed by atoms with van der Waals surface area (Å²) >= 11 is 5.28. The van der Waals surface area contributed by atoms with E-state index < -0.39 is 11.7 Å². The van der Waals surface area contributed by atoms with E-state index in [0.717, 1.165) is 37.1 Å². The largest absolute Gasteiger partial charge is 0.416 e. The van der Waals surface area contributed by atoms with E-state index in [9.17, 15) is 13.2 Å². The summed E-state index contributed by atoms with van der Waals surface area (Å²) < 4.78 is 40.0. The van der Waals surface area contributed by atoms with Crippen molar-refractivity contribution in [2.75, 3.05) is 10.6 Å². The number of nitrogens with one attached hydrogen (secondary N) is 2. The molecule has 0 saturated carbocycles. The van der Waals surface area contributed by atoms with E-state index in [2.05, 4.69) is 39.8 Å². The summed E-state index contributed by atoms with van der Waals surface area (Å²) in [5.74, 6) is 0.263. The summed E-state index contributed by atoms with van der Waals surface area (Å²) in [5, 5.41) is 10.5. The molecular weight excluding hydrogens is 411 g/mol. The second-order valence-corrected chi connectivity index (χ2v) is 7.25. The number of alkyl halides is 3. The molecule has 9 heteroatoms. The van der Waals surface area contributed by atoms with Crippen molar-refractivity contribution < 1.29 is 13.2 Å². The van der Waals surface area contributed by atoms with Gasteiger partial charge in [-0.1, -0.05) is 37.6 Å². The smallest absolute Gasteiger partial charge is 0.332 e. The van der Waals surface area contributed by atoms with E-state index in [1.807, 2.05) is 12.1 Å². The zero-order chi connectivity index (χ0) is 21.6. The molecule has 30 heavy (non-hydrogen) atoms. The van der Waals surface area contributed by atoms with Gasteiger partial charge in [0.2, 0.25) is 5.95 Å². The zero-order valence-electron chi connectivity index (χ0n) is 16.4. The van der Waals surface area contributed by atoms with Crippen molar-refractivity contribution in [2.45, 2.75) is 38.9 Å². The van der Waals surface area contributed by atoms with Gasteiger partial charge in [0.05, 0.1) is 12.1 Å². The highest BCUT2D eigenvalue weighted by Crippen LogP contribution is 2.29. The lowest BCUT2D eigenvalue weighted by molar-refractivity contribution is -0.137. The fraction of sp³-hybridized carbons (Fsp3) is 0.286. The van der Waals surface area contributed by atoms with Crippen LogP contribution in [-0.4, -0.2) is 19.9 Å². The van der Waals surface area contributed by atoms with Crippen LogP contribution >= 0.6 is 12.2 Å². The molecule has 0 aliphatic heterocycles. The number of unbranched alkanes of at least 4 members (excludes halogenated alkanes) is 1. The average Bonchev–Trinajstić information content (AvgIpc) is 3.13. The number of aryl methyl sites for hydroxylation is 1. The van der Waals surface area contributed by atoms with Crippen molar-refractivity contribution in [3.8, 4) is 0 Å². The Bertz CT molecular complexity index is 983. The molecule has 0 bridgehead atoms. The standard InChI is InChI=1S/C21H22F3N5S/c1-2-3-5-15-8-10-18(11-9-15)26-20(30)27-19-25-14-29(28-19)13-16-6-4-7-17(12-16)21(22,23)24/h4,6-12,14H,2-3,5,13H2,1H3,(H2,26,27,28,30). The van der Waals surface area contributed by atoms with Gasteiger partial charge in [-0.05, 0) is 60.5 Å². The Labute approximate surface area is 178 Å². The number of anilines is 2. The lowest BCUT2D eigenvalue weighted by Crippen LogP contribution is -2.20. The van der Waals surface area contributed by atoms with E-state index in [1.54, 1.807) is 6.07 Å². The van der Waals surface area contributed by atoms with Gasteiger partial charge < -0.3 is 5.32 Å². The third-order valence-corrected chi connectivity index (χ3v) is 4.60. The maximum absolute atomic E-state index is 12.8. The molecule has 0 spiro atoms. The van der Waals surface area contributed by atoms with Crippen LogP contribution in [0.1, 0.15) is 36.5 Å². The van der Waals surface area contributed by atoms with Crippen molar-refractivity contribution in [3.63, 3.8) is 0 Å². The number of thiocarbonyl (C=S) groups is 1. The first-order valence-corrected chi connectivity index (χ1v) is 9.97. The number of hydrogen-bond acceptors (Lipinski definition) is 3. The van der Waals surface area contributed by atoms with Crippen LogP contribution in [0, 0.1) is 0 Å². The topological polar surface area (TPSA) is 54.8 Å². The Hall–Kier alpha value is -2.94. The second-order valence-electron chi connectivity index (χ2n) is 6.84. The molecule has 5 nitrogen and oxygen atoms in total. The zero-order valence-corrected chi connectivity index (χ0v) is 17.2. The third-order valence-electron chi connectivity index (χ3n) is 4.39. The van der Waals surface area contributed by atoms with Crippen LogP contribution in [0.25, 0.3) is 0 Å². The Morgan fingerprint density at radius 3 is 2.53 bits per heavy atom. The Morgan fingerprint density at radius 2 is 1.83 bits per heavy atom. The van der Waals surface area contributed by atoms with E-state index in [4.69, 9.17) is 12.2 Å². The first kappa shape index (κ1) is 21.8. The maximum Gasteiger partial charge on any atom is 0.416 e. The molecule has 0 aliphatic carbocycles.